The van der Waals surface area contributed by atoms with Gasteiger partial charge in [0.2, 0.25) is 5.91 Å². The second kappa shape index (κ2) is 7.88. The molecule has 0 aliphatic heterocycles. The van der Waals surface area contributed by atoms with Crippen molar-refractivity contribution in [3.8, 4) is 0 Å². The van der Waals surface area contributed by atoms with Crippen LogP contribution in [0.15, 0.2) is 29.4 Å². The van der Waals surface area contributed by atoms with E-state index in [2.05, 4.69) is 15.8 Å². The van der Waals surface area contributed by atoms with Gasteiger partial charge in [0.1, 0.15) is 0 Å². The summed E-state index contributed by atoms with van der Waals surface area (Å²) in [5.41, 5.74) is 6.39. The van der Waals surface area contributed by atoms with Crippen LogP contribution in [-0.4, -0.2) is 35.4 Å². The number of amidine groups is 1. The van der Waals surface area contributed by atoms with Crippen LogP contribution in [0.5, 0.6) is 0 Å². The fraction of sp³-hybridized carbons (Fsp3) is 0.357. The van der Waals surface area contributed by atoms with E-state index in [-0.39, 0.29) is 36.7 Å². The Hall–Kier alpha value is -2.57. The van der Waals surface area contributed by atoms with Crippen molar-refractivity contribution in [2.75, 3.05) is 6.54 Å². The third-order valence-corrected chi connectivity index (χ3v) is 2.64. The zero-order valence-corrected chi connectivity index (χ0v) is 12.1. The fourth-order valence-electron chi connectivity index (χ4n) is 1.64. The van der Waals surface area contributed by atoms with E-state index in [9.17, 15) is 9.59 Å². The maximum atomic E-state index is 11.8. The Morgan fingerprint density at radius 3 is 2.33 bits per heavy atom. The first-order valence-electron chi connectivity index (χ1n) is 6.59. The minimum atomic E-state index is -0.279. The summed E-state index contributed by atoms with van der Waals surface area (Å²) in [6.07, 6.45) is 0.228. The van der Waals surface area contributed by atoms with E-state index >= 15 is 0 Å². The molecule has 1 rings (SSSR count). The topological polar surface area (TPSA) is 117 Å². The molecule has 114 valence electrons. The van der Waals surface area contributed by atoms with Gasteiger partial charge < -0.3 is 21.6 Å². The van der Waals surface area contributed by atoms with E-state index in [1.807, 2.05) is 13.8 Å². The molecular weight excluding hydrogens is 272 g/mol. The van der Waals surface area contributed by atoms with Crippen molar-refractivity contribution >= 4 is 17.6 Å². The van der Waals surface area contributed by atoms with Gasteiger partial charge in [-0.25, -0.2) is 0 Å². The van der Waals surface area contributed by atoms with E-state index in [0.717, 1.165) is 0 Å². The molecule has 5 N–H and O–H groups in total. The number of nitrogens with one attached hydrogen (secondary N) is 2. The van der Waals surface area contributed by atoms with Gasteiger partial charge in [-0.3, -0.25) is 9.59 Å². The van der Waals surface area contributed by atoms with Crippen molar-refractivity contribution in [1.82, 2.24) is 10.6 Å². The van der Waals surface area contributed by atoms with Gasteiger partial charge in [-0.1, -0.05) is 17.3 Å². The Morgan fingerprint density at radius 1 is 1.24 bits per heavy atom. The summed E-state index contributed by atoms with van der Waals surface area (Å²) >= 11 is 0. The lowest BCUT2D eigenvalue weighted by atomic mass is 10.1. The molecule has 0 heterocycles. The minimum Gasteiger partial charge on any atom is -0.409 e. The smallest absolute Gasteiger partial charge is 0.251 e. The Balaban J connectivity index is 2.47. The Labute approximate surface area is 123 Å². The van der Waals surface area contributed by atoms with Gasteiger partial charge >= 0.3 is 0 Å². The number of nitrogens with two attached hydrogens (primary N) is 1. The van der Waals surface area contributed by atoms with Crippen molar-refractivity contribution in [2.24, 2.45) is 10.9 Å². The van der Waals surface area contributed by atoms with E-state index in [0.29, 0.717) is 11.1 Å². The van der Waals surface area contributed by atoms with E-state index in [1.54, 1.807) is 24.3 Å². The number of benzene rings is 1. The number of amides is 2. The molecule has 7 heteroatoms. The predicted molar refractivity (Wildman–Crippen MR) is 79.2 cm³/mol. The fourth-order valence-corrected chi connectivity index (χ4v) is 1.64. The molecule has 0 fully saturated rings. The van der Waals surface area contributed by atoms with Gasteiger partial charge in [0.15, 0.2) is 5.84 Å². The van der Waals surface area contributed by atoms with Crippen molar-refractivity contribution in [3.05, 3.63) is 35.4 Å². The molecule has 0 bridgehead atoms. The zero-order valence-electron chi connectivity index (χ0n) is 12.1. The first kappa shape index (κ1) is 16.5. The van der Waals surface area contributed by atoms with Gasteiger partial charge in [0.25, 0.3) is 5.91 Å². The number of hydrogen-bond donors (Lipinski definition) is 4. The summed E-state index contributed by atoms with van der Waals surface area (Å²) in [6.45, 7) is 4.01. The number of nitrogens with zero attached hydrogens (tertiary/aromatic N) is 1. The molecule has 7 nitrogen and oxygen atoms in total. The van der Waals surface area contributed by atoms with Gasteiger partial charge in [0, 0.05) is 30.1 Å². The Bertz CT molecular complexity index is 524. The highest BCUT2D eigenvalue weighted by atomic mass is 16.4. The van der Waals surface area contributed by atoms with E-state index < -0.39 is 0 Å². The molecule has 0 spiro atoms. The largest absolute Gasteiger partial charge is 0.409 e. The molecule has 0 saturated carbocycles. The van der Waals surface area contributed by atoms with Gasteiger partial charge in [-0.15, -0.1) is 0 Å². The van der Waals surface area contributed by atoms with Crippen molar-refractivity contribution < 1.29 is 14.8 Å². The highest BCUT2D eigenvalue weighted by Crippen LogP contribution is 2.04. The normalized spacial score (nSPS) is 11.3. The van der Waals surface area contributed by atoms with Gasteiger partial charge in [0.05, 0.1) is 0 Å². The van der Waals surface area contributed by atoms with Crippen molar-refractivity contribution in [1.29, 1.82) is 0 Å². The van der Waals surface area contributed by atoms with E-state index in [4.69, 9.17) is 10.9 Å². The average molecular weight is 292 g/mol. The Morgan fingerprint density at radius 2 is 1.81 bits per heavy atom. The van der Waals surface area contributed by atoms with Crippen LogP contribution in [0.3, 0.4) is 0 Å². The number of hydrogen-bond acceptors (Lipinski definition) is 4. The summed E-state index contributed by atoms with van der Waals surface area (Å²) in [7, 11) is 0. The molecule has 0 aromatic heterocycles. The van der Waals surface area contributed by atoms with Crippen LogP contribution in [-0.2, 0) is 4.79 Å². The lowest BCUT2D eigenvalue weighted by Gasteiger charge is -2.09. The molecule has 0 atom stereocenters. The number of oxime groups is 1. The summed E-state index contributed by atoms with van der Waals surface area (Å²) in [6, 6.07) is 6.37. The Kier molecular flexibility index (Phi) is 6.19. The third-order valence-electron chi connectivity index (χ3n) is 2.64. The first-order valence-corrected chi connectivity index (χ1v) is 6.59. The second-order valence-electron chi connectivity index (χ2n) is 4.79. The van der Waals surface area contributed by atoms with Crippen LogP contribution >= 0.6 is 0 Å². The predicted octanol–water partition coefficient (Wildman–Crippen LogP) is 0.426. The van der Waals surface area contributed by atoms with Crippen LogP contribution in [0.25, 0.3) is 0 Å². The van der Waals surface area contributed by atoms with E-state index in [1.165, 1.54) is 0 Å². The van der Waals surface area contributed by atoms with Crippen molar-refractivity contribution in [2.45, 2.75) is 26.3 Å². The molecule has 0 aliphatic rings. The first-order chi connectivity index (χ1) is 9.93. The molecule has 1 aromatic carbocycles. The highest BCUT2D eigenvalue weighted by Gasteiger charge is 2.08. The molecule has 1 aromatic rings. The van der Waals surface area contributed by atoms with Crippen LogP contribution in [0, 0.1) is 0 Å². The monoisotopic (exact) mass is 292 g/mol. The van der Waals surface area contributed by atoms with Crippen molar-refractivity contribution in [3.63, 3.8) is 0 Å². The molecule has 0 saturated heterocycles. The highest BCUT2D eigenvalue weighted by molar-refractivity contribution is 5.99. The summed E-state index contributed by atoms with van der Waals surface area (Å²) in [4.78, 5) is 23.3. The van der Waals surface area contributed by atoms with Gasteiger partial charge in [-0.2, -0.15) is 0 Å². The second-order valence-corrected chi connectivity index (χ2v) is 4.79. The number of carbonyl (C=O) groups excluding carboxylic acids is 2. The summed E-state index contributed by atoms with van der Waals surface area (Å²) in [5, 5.41) is 16.8. The number of rotatable bonds is 6. The molecular formula is C14H20N4O3. The average Bonchev–Trinajstić information content (AvgIpc) is 2.45. The summed E-state index contributed by atoms with van der Waals surface area (Å²) in [5.74, 6) is -0.404. The van der Waals surface area contributed by atoms with Crippen LogP contribution in [0.1, 0.15) is 36.2 Å². The lowest BCUT2D eigenvalue weighted by Crippen LogP contribution is -2.34. The standard InChI is InChI=1S/C14H20N4O3/c1-9(2)17-12(19)7-8-16-14(20)11-5-3-10(4-6-11)13(15)18-21/h3-6,9,21H,7-8H2,1-2H3,(H2,15,18)(H,16,20)(H,17,19). The van der Waals surface area contributed by atoms with Crippen LogP contribution < -0.4 is 16.4 Å². The minimum absolute atomic E-state index is 0.0210. The molecule has 0 aliphatic carbocycles. The zero-order chi connectivity index (χ0) is 15.8. The van der Waals surface area contributed by atoms with Gasteiger partial charge in [-0.05, 0) is 26.0 Å². The maximum Gasteiger partial charge on any atom is 0.251 e. The number of carbonyl (C=O) groups is 2. The lowest BCUT2D eigenvalue weighted by molar-refractivity contribution is -0.121. The van der Waals surface area contributed by atoms with Crippen LogP contribution in [0.4, 0.5) is 0 Å². The third kappa shape index (κ3) is 5.52. The summed E-state index contributed by atoms with van der Waals surface area (Å²) < 4.78 is 0. The molecule has 2 amide bonds. The van der Waals surface area contributed by atoms with Crippen LogP contribution in [0.2, 0.25) is 0 Å². The molecule has 0 unspecified atom stereocenters. The molecule has 0 radical (unpaired) electrons. The molecule has 21 heavy (non-hydrogen) atoms. The quantitative estimate of drug-likeness (QED) is 0.263. The SMILES string of the molecule is CC(C)NC(=O)CCNC(=O)c1ccc(/C(N)=N/O)cc1. The maximum absolute atomic E-state index is 11.8.